The van der Waals surface area contributed by atoms with Crippen LogP contribution in [0, 0.1) is 17.8 Å². The number of hydrogen-bond donors (Lipinski definition) is 2. The van der Waals surface area contributed by atoms with Crippen LogP contribution in [0.5, 0.6) is 0 Å². The quantitative estimate of drug-likeness (QED) is 0.348. The third-order valence-electron chi connectivity index (χ3n) is 5.24. The lowest BCUT2D eigenvalue weighted by atomic mass is 9.53. The maximum absolute atomic E-state index is 12.4. The summed E-state index contributed by atoms with van der Waals surface area (Å²) in [6.45, 7) is 3.32. The van der Waals surface area contributed by atoms with Crippen molar-refractivity contribution < 1.29 is 29.3 Å². The fourth-order valence-corrected chi connectivity index (χ4v) is 4.81. The molecule has 7 heteroatoms. The van der Waals surface area contributed by atoms with Crippen molar-refractivity contribution in [3.05, 3.63) is 0 Å². The highest BCUT2D eigenvalue weighted by atomic mass is 32.2. The van der Waals surface area contributed by atoms with Crippen LogP contribution in [-0.2, 0) is 18.9 Å². The minimum atomic E-state index is -0.968. The Labute approximate surface area is 128 Å². The maximum Gasteiger partial charge on any atom is 0.324 e. The Balaban J connectivity index is 1.69. The molecule has 2 unspecified atom stereocenters. The first-order valence-corrected chi connectivity index (χ1v) is 8.17. The molecule has 0 spiro atoms. The van der Waals surface area contributed by atoms with Crippen molar-refractivity contribution in [2.45, 2.75) is 62.4 Å². The molecule has 0 aromatic rings. The molecule has 120 valence electrons. The monoisotopic (exact) mass is 318 g/mol. The topological polar surface area (TPSA) is 85.2 Å². The molecule has 0 amide bonds. The molecule has 21 heavy (non-hydrogen) atoms. The highest BCUT2D eigenvalue weighted by molar-refractivity contribution is 7.96. The summed E-state index contributed by atoms with van der Waals surface area (Å²) in [5.74, 6) is 0.709. The van der Waals surface area contributed by atoms with Gasteiger partial charge in [0.05, 0.1) is 18.1 Å². The Kier molecular flexibility index (Phi) is 3.99. The number of aliphatic hydroxyl groups excluding tert-OH is 1. The lowest BCUT2D eigenvalue weighted by molar-refractivity contribution is -0.432. The summed E-state index contributed by atoms with van der Waals surface area (Å²) < 4.78 is 9.29. The van der Waals surface area contributed by atoms with E-state index in [-0.39, 0.29) is 23.9 Å². The van der Waals surface area contributed by atoms with Crippen LogP contribution in [0.15, 0.2) is 0 Å². The van der Waals surface area contributed by atoms with Gasteiger partial charge in [-0.2, -0.15) is 0 Å². The molecule has 4 rings (SSSR count). The molecule has 0 radical (unpaired) electrons. The number of aliphatic hydroxyl groups is 1. The summed E-state index contributed by atoms with van der Waals surface area (Å²) in [5.41, 5.74) is -0.426. The van der Waals surface area contributed by atoms with E-state index >= 15 is 0 Å². The van der Waals surface area contributed by atoms with Gasteiger partial charge in [0, 0.05) is 0 Å². The molecule has 0 aromatic heterocycles. The molecule has 4 saturated carbocycles. The van der Waals surface area contributed by atoms with Crippen molar-refractivity contribution in [2.24, 2.45) is 17.8 Å². The van der Waals surface area contributed by atoms with Gasteiger partial charge in [0.15, 0.2) is 0 Å². The van der Waals surface area contributed by atoms with E-state index in [4.69, 9.17) is 9.99 Å². The van der Waals surface area contributed by atoms with Crippen molar-refractivity contribution in [1.82, 2.24) is 0 Å². The Morgan fingerprint density at radius 2 is 1.86 bits per heavy atom. The van der Waals surface area contributed by atoms with Crippen molar-refractivity contribution in [1.29, 1.82) is 0 Å². The van der Waals surface area contributed by atoms with Crippen molar-refractivity contribution in [2.75, 3.05) is 0 Å². The van der Waals surface area contributed by atoms with Crippen LogP contribution >= 0.6 is 12.0 Å². The van der Waals surface area contributed by atoms with Crippen LogP contribution in [-0.4, -0.2) is 32.8 Å². The lowest BCUT2D eigenvalue weighted by Gasteiger charge is -2.58. The van der Waals surface area contributed by atoms with Crippen LogP contribution in [0.4, 0.5) is 0 Å². The average molecular weight is 318 g/mol. The van der Waals surface area contributed by atoms with Crippen LogP contribution in [0.2, 0.25) is 0 Å². The average Bonchev–Trinajstić information content (AvgIpc) is 2.41. The first-order valence-electron chi connectivity index (χ1n) is 7.43. The lowest BCUT2D eigenvalue weighted by Crippen LogP contribution is -2.59. The number of ether oxygens (including phenoxy) is 1. The molecule has 6 nitrogen and oxygen atoms in total. The molecule has 4 bridgehead atoms. The number of carbonyl (C=O) groups is 1. The highest BCUT2D eigenvalue weighted by Gasteiger charge is 2.57. The van der Waals surface area contributed by atoms with Gasteiger partial charge in [0.25, 0.3) is 0 Å². The zero-order valence-electron chi connectivity index (χ0n) is 12.3. The highest BCUT2D eigenvalue weighted by Crippen LogP contribution is 2.57. The summed E-state index contributed by atoms with van der Waals surface area (Å²) >= 11 is 0.720. The smallest absolute Gasteiger partial charge is 0.324 e. The van der Waals surface area contributed by atoms with Crippen molar-refractivity contribution in [3.63, 3.8) is 0 Å². The minimum Gasteiger partial charge on any atom is -0.458 e. The Hall–Kier alpha value is -0.340. The summed E-state index contributed by atoms with van der Waals surface area (Å²) in [6.07, 6.45) is 4.28. The molecule has 0 aliphatic heterocycles. The molecule has 0 aromatic carbocycles. The molecule has 0 heterocycles. The van der Waals surface area contributed by atoms with Crippen LogP contribution in [0.1, 0.15) is 46.0 Å². The van der Waals surface area contributed by atoms with Crippen molar-refractivity contribution in [3.8, 4) is 0 Å². The SMILES string of the molecule is CC(C)(SOOO)C(=O)OC12CC3CC(C1)C(O)C(C3)C2. The zero-order chi connectivity index (χ0) is 15.3. The van der Waals surface area contributed by atoms with Gasteiger partial charge in [-0.05, 0) is 63.7 Å². The summed E-state index contributed by atoms with van der Waals surface area (Å²) in [6, 6.07) is 0. The normalized spacial score (nSPS) is 41.3. The van der Waals surface area contributed by atoms with E-state index in [0.29, 0.717) is 5.92 Å². The number of esters is 1. The fourth-order valence-electron chi connectivity index (χ4n) is 4.50. The van der Waals surface area contributed by atoms with Gasteiger partial charge in [-0.15, -0.1) is 4.33 Å². The molecular weight excluding hydrogens is 296 g/mol. The molecule has 2 atom stereocenters. The number of rotatable bonds is 5. The molecule has 4 aliphatic carbocycles. The second-order valence-corrected chi connectivity index (χ2v) is 8.59. The van der Waals surface area contributed by atoms with Gasteiger partial charge in [-0.3, -0.25) is 4.79 Å². The standard InChI is InChI=1S/C14H22O6S/c1-13(2,21-20-19-17)12(16)18-14-5-8-3-9(6-14)11(15)10(4-8)7-14/h8-11,15,17H,3-7H2,1-2H3. The van der Waals surface area contributed by atoms with Gasteiger partial charge in [0.2, 0.25) is 0 Å². The van der Waals surface area contributed by atoms with Crippen LogP contribution in [0.25, 0.3) is 0 Å². The fraction of sp³-hybridized carbons (Fsp3) is 0.929. The second-order valence-electron chi connectivity index (χ2n) is 7.27. The first-order chi connectivity index (χ1) is 9.85. The van der Waals surface area contributed by atoms with E-state index in [1.165, 1.54) is 0 Å². The summed E-state index contributed by atoms with van der Waals surface area (Å²) in [5, 5.41) is 22.0. The van der Waals surface area contributed by atoms with Crippen molar-refractivity contribution >= 4 is 18.0 Å². The maximum atomic E-state index is 12.4. The third-order valence-corrected chi connectivity index (χ3v) is 5.95. The van der Waals surface area contributed by atoms with Gasteiger partial charge in [-0.1, -0.05) is 5.04 Å². The van der Waals surface area contributed by atoms with Gasteiger partial charge in [-0.25, -0.2) is 5.26 Å². The van der Waals surface area contributed by atoms with E-state index in [0.717, 1.165) is 44.1 Å². The Bertz CT molecular complexity index is 410. The Morgan fingerprint density at radius 3 is 2.43 bits per heavy atom. The minimum absolute atomic E-state index is 0.234. The third kappa shape index (κ3) is 2.82. The van der Waals surface area contributed by atoms with Gasteiger partial charge in [0.1, 0.15) is 10.3 Å². The first kappa shape index (κ1) is 15.6. The zero-order valence-corrected chi connectivity index (χ0v) is 13.1. The van der Waals surface area contributed by atoms with E-state index in [9.17, 15) is 9.90 Å². The van der Waals surface area contributed by atoms with E-state index in [1.54, 1.807) is 13.8 Å². The largest absolute Gasteiger partial charge is 0.458 e. The molecule has 2 N–H and O–H groups in total. The summed E-state index contributed by atoms with van der Waals surface area (Å²) in [4.78, 5) is 12.4. The van der Waals surface area contributed by atoms with E-state index in [1.807, 2.05) is 0 Å². The second kappa shape index (κ2) is 5.38. The predicted octanol–water partition coefficient (Wildman–Crippen LogP) is 2.32. The van der Waals surface area contributed by atoms with Gasteiger partial charge < -0.3 is 9.84 Å². The molecule has 0 saturated heterocycles. The molecular formula is C14H22O6S. The Morgan fingerprint density at radius 1 is 1.24 bits per heavy atom. The van der Waals surface area contributed by atoms with Crippen LogP contribution < -0.4 is 0 Å². The van der Waals surface area contributed by atoms with E-state index < -0.39 is 10.3 Å². The van der Waals surface area contributed by atoms with Crippen LogP contribution in [0.3, 0.4) is 0 Å². The molecule has 4 fully saturated rings. The number of carbonyl (C=O) groups excluding carboxylic acids is 1. The predicted molar refractivity (Wildman–Crippen MR) is 74.9 cm³/mol. The molecule has 4 aliphatic rings. The number of hydrogen-bond acceptors (Lipinski definition) is 7. The van der Waals surface area contributed by atoms with E-state index in [2.05, 4.69) is 9.37 Å². The summed E-state index contributed by atoms with van der Waals surface area (Å²) in [7, 11) is 0. The van der Waals surface area contributed by atoms with Gasteiger partial charge >= 0.3 is 5.97 Å².